The summed E-state index contributed by atoms with van der Waals surface area (Å²) >= 11 is 5.78. The summed E-state index contributed by atoms with van der Waals surface area (Å²) in [5.74, 6) is -1.29. The normalized spacial score (nSPS) is 19.3. The maximum Gasteiger partial charge on any atom is 0.322 e. The molecule has 11 nitrogen and oxygen atoms in total. The second-order valence-electron chi connectivity index (χ2n) is 8.05. The van der Waals surface area contributed by atoms with Gasteiger partial charge < -0.3 is 16.0 Å². The van der Waals surface area contributed by atoms with Crippen molar-refractivity contribution in [1.82, 2.24) is 19.7 Å². The zero-order valence-corrected chi connectivity index (χ0v) is 20.1. The van der Waals surface area contributed by atoms with Gasteiger partial charge >= 0.3 is 6.03 Å². The van der Waals surface area contributed by atoms with Crippen LogP contribution in [-0.4, -0.2) is 70.9 Å². The number of hydrogen-bond donors (Lipinski definition) is 2. The molecule has 3 heterocycles. The largest absolute Gasteiger partial charge is 0.322 e. The number of fused-ring (bicyclic) bond motifs is 3. The molecule has 34 heavy (non-hydrogen) atoms. The van der Waals surface area contributed by atoms with E-state index in [-0.39, 0.29) is 29.6 Å². The molecule has 0 fully saturated rings. The summed E-state index contributed by atoms with van der Waals surface area (Å²) in [5.41, 5.74) is 7.69. The van der Waals surface area contributed by atoms with Crippen LogP contribution in [0.4, 0.5) is 14.9 Å². The minimum absolute atomic E-state index is 0.0426. The van der Waals surface area contributed by atoms with Crippen molar-refractivity contribution in [2.45, 2.75) is 37.9 Å². The zero-order chi connectivity index (χ0) is 24.8. The topological polar surface area (TPSA) is 140 Å². The van der Waals surface area contributed by atoms with E-state index in [1.165, 1.54) is 35.7 Å². The van der Waals surface area contributed by atoms with Crippen molar-refractivity contribution in [1.29, 1.82) is 0 Å². The summed E-state index contributed by atoms with van der Waals surface area (Å²) in [6.45, 7) is 1.87. The van der Waals surface area contributed by atoms with Crippen molar-refractivity contribution in [3.8, 4) is 0 Å². The quantitative estimate of drug-likeness (QED) is 0.628. The number of rotatable bonds is 4. The van der Waals surface area contributed by atoms with E-state index in [0.29, 0.717) is 29.9 Å². The summed E-state index contributed by atoms with van der Waals surface area (Å²) in [7, 11) is -2.26. The van der Waals surface area contributed by atoms with Gasteiger partial charge in [-0.15, -0.1) is 0 Å². The molecule has 14 heteroatoms. The lowest BCUT2D eigenvalue weighted by Gasteiger charge is -2.27. The van der Waals surface area contributed by atoms with Crippen LogP contribution < -0.4 is 11.1 Å². The van der Waals surface area contributed by atoms with Crippen molar-refractivity contribution in [2.24, 2.45) is 5.73 Å². The predicted molar refractivity (Wildman–Crippen MR) is 121 cm³/mol. The van der Waals surface area contributed by atoms with E-state index < -0.39 is 39.1 Å². The van der Waals surface area contributed by atoms with Gasteiger partial charge in [0.05, 0.1) is 23.8 Å². The molecule has 0 saturated heterocycles. The molecule has 2 aromatic rings. The zero-order valence-electron chi connectivity index (χ0n) is 18.5. The van der Waals surface area contributed by atoms with Crippen molar-refractivity contribution in [2.75, 3.05) is 24.7 Å². The Morgan fingerprint density at radius 3 is 2.85 bits per heavy atom. The van der Waals surface area contributed by atoms with E-state index >= 15 is 0 Å². The van der Waals surface area contributed by atoms with Gasteiger partial charge in [-0.1, -0.05) is 18.5 Å². The van der Waals surface area contributed by atoms with E-state index in [0.717, 1.165) is 11.1 Å². The fourth-order valence-corrected chi connectivity index (χ4v) is 5.10. The second kappa shape index (κ2) is 9.13. The molecule has 3 N–H and O–H groups in total. The lowest BCUT2D eigenvalue weighted by Crippen LogP contribution is -2.48. The molecule has 0 bridgehead atoms. The third kappa shape index (κ3) is 4.48. The summed E-state index contributed by atoms with van der Waals surface area (Å²) in [6, 6.07) is 3.40. The molecule has 0 aliphatic carbocycles. The van der Waals surface area contributed by atoms with Crippen LogP contribution in [0.3, 0.4) is 0 Å². The minimum Gasteiger partial charge on any atom is -0.320 e. The molecule has 1 aromatic carbocycles. The van der Waals surface area contributed by atoms with Crippen LogP contribution >= 0.6 is 11.6 Å². The number of sulfone groups is 1. The van der Waals surface area contributed by atoms with Crippen molar-refractivity contribution >= 4 is 39.1 Å². The number of hydroxylamine groups is 2. The van der Waals surface area contributed by atoms with Crippen LogP contribution in [0.15, 0.2) is 18.2 Å². The third-order valence-electron chi connectivity index (χ3n) is 5.88. The number of anilines is 1. The molecule has 2 aliphatic rings. The van der Waals surface area contributed by atoms with Crippen molar-refractivity contribution < 1.29 is 27.2 Å². The van der Waals surface area contributed by atoms with Crippen LogP contribution in [0.1, 0.15) is 28.7 Å². The molecule has 3 amide bonds. The Bertz CT molecular complexity index is 1250. The van der Waals surface area contributed by atoms with Gasteiger partial charge in [0.15, 0.2) is 9.84 Å². The lowest BCUT2D eigenvalue weighted by atomic mass is 10.1. The maximum atomic E-state index is 13.4. The molecular weight excluding hydrogens is 491 g/mol. The molecular formula is C20H24ClFN6O5S. The van der Waals surface area contributed by atoms with Gasteiger partial charge in [0.2, 0.25) is 0 Å². The first-order valence-corrected chi connectivity index (χ1v) is 12.6. The van der Waals surface area contributed by atoms with Gasteiger partial charge in [-0.2, -0.15) is 5.10 Å². The van der Waals surface area contributed by atoms with E-state index in [1.807, 2.05) is 0 Å². The third-order valence-corrected chi connectivity index (χ3v) is 8.11. The Kier molecular flexibility index (Phi) is 6.55. The van der Waals surface area contributed by atoms with Gasteiger partial charge in [0.25, 0.3) is 5.91 Å². The first-order valence-electron chi connectivity index (χ1n) is 10.5. The van der Waals surface area contributed by atoms with Crippen LogP contribution in [0, 0.1) is 5.82 Å². The Morgan fingerprint density at radius 2 is 2.18 bits per heavy atom. The number of urea groups is 1. The minimum atomic E-state index is -3.64. The van der Waals surface area contributed by atoms with Gasteiger partial charge in [-0.25, -0.2) is 22.7 Å². The van der Waals surface area contributed by atoms with Gasteiger partial charge in [0, 0.05) is 37.0 Å². The number of aromatic nitrogens is 2. The Balaban J connectivity index is 1.58. The van der Waals surface area contributed by atoms with Crippen LogP contribution in [0.2, 0.25) is 5.02 Å². The second-order valence-corrected chi connectivity index (χ2v) is 10.9. The molecule has 1 aromatic heterocycles. The molecule has 2 aliphatic heterocycles. The number of hydrogen-bond acceptors (Lipinski definition) is 7. The fraction of sp³-hybridized carbons (Fsp3) is 0.450. The maximum absolute atomic E-state index is 13.4. The van der Waals surface area contributed by atoms with Gasteiger partial charge in [-0.05, 0) is 18.2 Å². The number of nitrogens with zero attached hydrogens (tertiary/aromatic N) is 4. The highest BCUT2D eigenvalue weighted by Crippen LogP contribution is 2.28. The highest BCUT2D eigenvalue weighted by atomic mass is 35.5. The van der Waals surface area contributed by atoms with E-state index in [4.69, 9.17) is 22.2 Å². The molecule has 0 saturated carbocycles. The number of halogens is 2. The van der Waals surface area contributed by atoms with E-state index in [9.17, 15) is 22.4 Å². The standard InChI is InChI=1S/C20H24ClFN6O5S/c1-3-34(31,32)18(23)16-10-28-17(19(29)26(2)33-16)12-9-27(7-6-15(12)25-28)20(30)24-11-4-5-14(22)13(21)8-11/h4-5,8,16,18H,3,6-7,9-10,23H2,1-2H3,(H,24,30). The highest BCUT2D eigenvalue weighted by Gasteiger charge is 2.39. The number of carbonyl (C=O) groups is 2. The average Bonchev–Trinajstić information content (AvgIpc) is 3.10. The molecule has 2 unspecified atom stereocenters. The summed E-state index contributed by atoms with van der Waals surface area (Å²) < 4.78 is 39.4. The van der Waals surface area contributed by atoms with Crippen molar-refractivity contribution in [3.63, 3.8) is 0 Å². The first kappa shape index (κ1) is 24.4. The Labute approximate surface area is 200 Å². The Hall–Kier alpha value is -2.74. The number of benzene rings is 1. The molecule has 0 radical (unpaired) electrons. The van der Waals surface area contributed by atoms with Crippen molar-refractivity contribution in [3.05, 3.63) is 46.0 Å². The van der Waals surface area contributed by atoms with Crippen LogP contribution in [0.25, 0.3) is 0 Å². The number of nitrogens with one attached hydrogen (secondary N) is 1. The molecule has 0 spiro atoms. The Morgan fingerprint density at radius 1 is 1.44 bits per heavy atom. The summed E-state index contributed by atoms with van der Waals surface area (Å²) in [5, 5.41) is 6.66. The fourth-order valence-electron chi connectivity index (χ4n) is 3.94. The lowest BCUT2D eigenvalue weighted by molar-refractivity contribution is -0.148. The number of amides is 3. The monoisotopic (exact) mass is 514 g/mol. The van der Waals surface area contributed by atoms with Crippen LogP contribution in [0.5, 0.6) is 0 Å². The van der Waals surface area contributed by atoms with Gasteiger partial charge in [-0.3, -0.25) is 14.3 Å². The van der Waals surface area contributed by atoms with E-state index in [2.05, 4.69) is 10.4 Å². The summed E-state index contributed by atoms with van der Waals surface area (Å²) in [6.07, 6.45) is -0.640. The molecule has 4 rings (SSSR count). The molecule has 184 valence electrons. The summed E-state index contributed by atoms with van der Waals surface area (Å²) in [4.78, 5) is 32.9. The molecule has 2 atom stereocenters. The smallest absolute Gasteiger partial charge is 0.320 e. The van der Waals surface area contributed by atoms with Gasteiger partial charge in [0.1, 0.15) is 23.0 Å². The SMILES string of the molecule is CCS(=O)(=O)C(N)C1Cn2nc3c(c2C(=O)N(C)O1)CN(C(=O)Nc1ccc(F)c(Cl)c1)CC3. The number of carbonyl (C=O) groups excluding carboxylic acids is 2. The van der Waals surface area contributed by atoms with Crippen LogP contribution in [-0.2, 0) is 34.2 Å². The van der Waals surface area contributed by atoms with E-state index in [1.54, 1.807) is 0 Å². The first-order chi connectivity index (χ1) is 16.0. The average molecular weight is 515 g/mol. The highest BCUT2D eigenvalue weighted by molar-refractivity contribution is 7.92. The number of nitrogens with two attached hydrogens (primary N) is 1. The predicted octanol–water partition coefficient (Wildman–Crippen LogP) is 1.37.